The van der Waals surface area contributed by atoms with Crippen molar-refractivity contribution in [1.82, 2.24) is 9.80 Å². The van der Waals surface area contributed by atoms with Crippen molar-refractivity contribution < 1.29 is 4.79 Å². The van der Waals surface area contributed by atoms with Crippen LogP contribution in [0.3, 0.4) is 0 Å². The van der Waals surface area contributed by atoms with Crippen molar-refractivity contribution in [3.8, 4) is 0 Å². The van der Waals surface area contributed by atoms with Crippen molar-refractivity contribution in [2.45, 2.75) is 51.6 Å². The van der Waals surface area contributed by atoms with Crippen molar-refractivity contribution in [1.29, 1.82) is 0 Å². The molecule has 0 aromatic rings. The molecule has 3 atom stereocenters. The number of nitrogens with zero attached hydrogens (tertiary/aromatic N) is 2. The van der Waals surface area contributed by atoms with Crippen LogP contribution in [-0.4, -0.2) is 54.0 Å². The highest BCUT2D eigenvalue weighted by Gasteiger charge is 2.33. The highest BCUT2D eigenvalue weighted by molar-refractivity contribution is 5.82. The Labute approximate surface area is 110 Å². The van der Waals surface area contributed by atoms with Gasteiger partial charge < -0.3 is 10.6 Å². The molecule has 2 rings (SSSR count). The Morgan fingerprint density at radius 1 is 1.33 bits per heavy atom. The number of hydrogen-bond acceptors (Lipinski definition) is 3. The zero-order valence-corrected chi connectivity index (χ0v) is 11.8. The maximum Gasteiger partial charge on any atom is 0.239 e. The number of rotatable bonds is 3. The van der Waals surface area contributed by atoms with Gasteiger partial charge in [-0.3, -0.25) is 9.69 Å². The summed E-state index contributed by atoms with van der Waals surface area (Å²) in [7, 11) is 0. The number of amides is 1. The summed E-state index contributed by atoms with van der Waals surface area (Å²) in [4.78, 5) is 16.9. The molecule has 0 radical (unpaired) electrons. The van der Waals surface area contributed by atoms with Crippen molar-refractivity contribution >= 4 is 5.91 Å². The van der Waals surface area contributed by atoms with Crippen LogP contribution >= 0.6 is 0 Å². The average molecular weight is 253 g/mol. The van der Waals surface area contributed by atoms with Crippen LogP contribution < -0.4 is 5.73 Å². The molecular weight excluding hydrogens is 226 g/mol. The highest BCUT2D eigenvalue weighted by atomic mass is 16.2. The quantitative estimate of drug-likeness (QED) is 0.818. The van der Waals surface area contributed by atoms with E-state index in [1.165, 1.54) is 25.8 Å². The van der Waals surface area contributed by atoms with E-state index in [-0.39, 0.29) is 17.9 Å². The number of hydrogen-bond donors (Lipinski definition) is 1. The summed E-state index contributed by atoms with van der Waals surface area (Å²) >= 11 is 0. The van der Waals surface area contributed by atoms with E-state index >= 15 is 0 Å². The van der Waals surface area contributed by atoms with E-state index in [4.69, 9.17) is 5.73 Å². The fraction of sp³-hybridized carbons (Fsp3) is 0.929. The van der Waals surface area contributed by atoms with Crippen molar-refractivity contribution in [2.24, 2.45) is 11.7 Å². The maximum absolute atomic E-state index is 12.4. The summed E-state index contributed by atoms with van der Waals surface area (Å²) in [5.41, 5.74) is 6.07. The van der Waals surface area contributed by atoms with E-state index in [0.29, 0.717) is 6.04 Å². The summed E-state index contributed by atoms with van der Waals surface area (Å²) in [6.45, 7) is 8.16. The molecule has 2 heterocycles. The number of carbonyl (C=O) groups is 1. The normalized spacial score (nSPS) is 28.6. The molecule has 18 heavy (non-hydrogen) atoms. The van der Waals surface area contributed by atoms with Gasteiger partial charge >= 0.3 is 0 Å². The summed E-state index contributed by atoms with van der Waals surface area (Å²) < 4.78 is 0. The van der Waals surface area contributed by atoms with Gasteiger partial charge in [-0.1, -0.05) is 26.7 Å². The lowest BCUT2D eigenvalue weighted by molar-refractivity contribution is -0.137. The van der Waals surface area contributed by atoms with Gasteiger partial charge in [0.1, 0.15) is 0 Å². The molecule has 0 bridgehead atoms. The number of piperidine rings is 1. The first-order chi connectivity index (χ1) is 8.63. The van der Waals surface area contributed by atoms with Crippen molar-refractivity contribution in [3.05, 3.63) is 0 Å². The van der Waals surface area contributed by atoms with E-state index in [0.717, 1.165) is 26.1 Å². The van der Waals surface area contributed by atoms with Crippen LogP contribution in [0.4, 0.5) is 0 Å². The smallest absolute Gasteiger partial charge is 0.239 e. The molecule has 2 N–H and O–H groups in total. The predicted molar refractivity (Wildman–Crippen MR) is 73.2 cm³/mol. The van der Waals surface area contributed by atoms with Crippen LogP contribution in [-0.2, 0) is 4.79 Å². The molecule has 2 aliphatic rings. The monoisotopic (exact) mass is 253 g/mol. The topological polar surface area (TPSA) is 49.6 Å². The van der Waals surface area contributed by atoms with E-state index in [2.05, 4.69) is 18.7 Å². The highest BCUT2D eigenvalue weighted by Crippen LogP contribution is 2.22. The molecule has 0 spiro atoms. The van der Waals surface area contributed by atoms with E-state index in [1.54, 1.807) is 0 Å². The van der Waals surface area contributed by atoms with Crippen LogP contribution in [0.1, 0.15) is 39.5 Å². The molecule has 0 aromatic carbocycles. The second-order valence-electron chi connectivity index (χ2n) is 5.88. The predicted octanol–water partition coefficient (Wildman–Crippen LogP) is 1.06. The molecular formula is C14H27N3O. The van der Waals surface area contributed by atoms with Gasteiger partial charge in [0, 0.05) is 25.7 Å². The molecule has 4 heteroatoms. The van der Waals surface area contributed by atoms with Gasteiger partial charge in [-0.25, -0.2) is 0 Å². The zero-order valence-electron chi connectivity index (χ0n) is 11.8. The Kier molecular flexibility index (Phi) is 4.62. The Balaban J connectivity index is 1.92. The maximum atomic E-state index is 12.4. The Morgan fingerprint density at radius 3 is 2.83 bits per heavy atom. The van der Waals surface area contributed by atoms with Crippen LogP contribution in [0.2, 0.25) is 0 Å². The summed E-state index contributed by atoms with van der Waals surface area (Å²) in [6, 6.07) is 0.269. The second-order valence-corrected chi connectivity index (χ2v) is 5.88. The van der Waals surface area contributed by atoms with Crippen molar-refractivity contribution in [3.63, 3.8) is 0 Å². The minimum atomic E-state index is -0.315. The lowest BCUT2D eigenvalue weighted by atomic mass is 9.96. The first kappa shape index (κ1) is 13.8. The van der Waals surface area contributed by atoms with Gasteiger partial charge in [0.15, 0.2) is 0 Å². The third-order valence-corrected chi connectivity index (χ3v) is 4.69. The fourth-order valence-corrected chi connectivity index (χ4v) is 3.06. The lowest BCUT2D eigenvalue weighted by Crippen LogP contribution is -2.59. The molecule has 0 aliphatic carbocycles. The molecule has 2 fully saturated rings. The molecule has 0 aromatic heterocycles. The van der Waals surface area contributed by atoms with Gasteiger partial charge in [-0.2, -0.15) is 0 Å². The summed E-state index contributed by atoms with van der Waals surface area (Å²) in [6.07, 6.45) is 4.83. The van der Waals surface area contributed by atoms with Crippen LogP contribution in [0, 0.1) is 5.92 Å². The summed E-state index contributed by atoms with van der Waals surface area (Å²) in [5.74, 6) is 0.441. The molecule has 4 nitrogen and oxygen atoms in total. The first-order valence-electron chi connectivity index (χ1n) is 7.42. The zero-order chi connectivity index (χ0) is 13.1. The van der Waals surface area contributed by atoms with E-state index in [1.807, 2.05) is 4.90 Å². The average Bonchev–Trinajstić information content (AvgIpc) is 2.44. The molecule has 2 aliphatic heterocycles. The largest absolute Gasteiger partial charge is 0.338 e. The van der Waals surface area contributed by atoms with Crippen LogP contribution in [0.5, 0.6) is 0 Å². The van der Waals surface area contributed by atoms with Crippen LogP contribution in [0.15, 0.2) is 0 Å². The standard InChI is InChI=1S/C14H27N3O/c1-3-11(2)13(15)14(18)17-9-8-16-7-5-4-6-12(16)10-17/h11-13H,3-10,15H2,1-2H3/t11-,12?,13-/m0/s1. The Hall–Kier alpha value is -0.610. The fourth-order valence-electron chi connectivity index (χ4n) is 3.06. The van der Waals surface area contributed by atoms with Crippen molar-refractivity contribution in [2.75, 3.05) is 26.2 Å². The Morgan fingerprint density at radius 2 is 2.11 bits per heavy atom. The molecule has 2 saturated heterocycles. The molecule has 0 saturated carbocycles. The minimum absolute atomic E-state index is 0.162. The van der Waals surface area contributed by atoms with Gasteiger partial charge in [0.05, 0.1) is 6.04 Å². The van der Waals surface area contributed by atoms with Gasteiger partial charge in [0.25, 0.3) is 0 Å². The molecule has 104 valence electrons. The minimum Gasteiger partial charge on any atom is -0.338 e. The van der Waals surface area contributed by atoms with Gasteiger partial charge in [-0.05, 0) is 25.3 Å². The van der Waals surface area contributed by atoms with Gasteiger partial charge in [-0.15, -0.1) is 0 Å². The molecule has 1 amide bonds. The first-order valence-corrected chi connectivity index (χ1v) is 7.42. The van der Waals surface area contributed by atoms with Crippen LogP contribution in [0.25, 0.3) is 0 Å². The third-order valence-electron chi connectivity index (χ3n) is 4.69. The van der Waals surface area contributed by atoms with Gasteiger partial charge in [0.2, 0.25) is 5.91 Å². The SMILES string of the molecule is CC[C@H](C)[C@H](N)C(=O)N1CCN2CCCCC2C1. The lowest BCUT2D eigenvalue weighted by Gasteiger charge is -2.44. The third kappa shape index (κ3) is 2.86. The van der Waals surface area contributed by atoms with E-state index < -0.39 is 0 Å². The second kappa shape index (κ2) is 6.02. The number of carbonyl (C=O) groups excluding carboxylic acids is 1. The van der Waals surface area contributed by atoms with E-state index in [9.17, 15) is 4.79 Å². The number of fused-ring (bicyclic) bond motifs is 1. The number of nitrogens with two attached hydrogens (primary N) is 1. The summed E-state index contributed by atoms with van der Waals surface area (Å²) in [5, 5.41) is 0. The molecule has 1 unspecified atom stereocenters. The Bertz CT molecular complexity index is 295. The number of piperazine rings is 1.